The van der Waals surface area contributed by atoms with Crippen molar-refractivity contribution in [3.8, 4) is 41.3 Å². The van der Waals surface area contributed by atoms with Gasteiger partial charge in [0.15, 0.2) is 0 Å². The molecule has 5 heteroatoms. The number of aryl methyl sites for hydroxylation is 1. The Kier molecular flexibility index (Phi) is 16.3. The van der Waals surface area contributed by atoms with Crippen molar-refractivity contribution in [1.29, 1.82) is 0 Å². The lowest BCUT2D eigenvalue weighted by Gasteiger charge is -2.08. The van der Waals surface area contributed by atoms with E-state index >= 15 is 0 Å². The summed E-state index contributed by atoms with van der Waals surface area (Å²) in [5.41, 5.74) is 5.97. The van der Waals surface area contributed by atoms with Crippen LogP contribution in [-0.4, -0.2) is 31.8 Å². The van der Waals surface area contributed by atoms with Gasteiger partial charge < -0.3 is 14.2 Å². The van der Waals surface area contributed by atoms with Crippen molar-refractivity contribution in [2.24, 2.45) is 0 Å². The van der Waals surface area contributed by atoms with Gasteiger partial charge in [0.05, 0.1) is 19.8 Å². The molecule has 0 aliphatic heterocycles. The van der Waals surface area contributed by atoms with Crippen molar-refractivity contribution in [2.45, 2.75) is 52.9 Å². The van der Waals surface area contributed by atoms with Crippen LogP contribution in [0.1, 0.15) is 79.8 Å². The number of hydrogen-bond acceptors (Lipinski definition) is 5. The second-order valence-corrected chi connectivity index (χ2v) is 11.9. The minimum atomic E-state index is -0.425. The standard InChI is InChI=1S/C47H40O5.C2H6/c1-4-39-30-36(13-14-37-19-24-44-34-45(26-25-43(44)32-37)50-28-11-29-52-47(49)6-3)15-20-40(39)21-16-38-18-23-41-31-35(17-22-42(41)33-38)12-9-7-8-10-27-51-46(48)5-2;1-2/h5-6,15,17-20,22-26,30-34H,2-4,7-8,10-11,27-29H2,1H3;1-2H3. The lowest BCUT2D eigenvalue weighted by molar-refractivity contribution is -0.138. The monoisotopic (exact) mass is 714 g/mol. The minimum Gasteiger partial charge on any atom is -0.493 e. The summed E-state index contributed by atoms with van der Waals surface area (Å²) in [5, 5.41) is 4.38. The van der Waals surface area contributed by atoms with E-state index in [4.69, 9.17) is 14.2 Å². The van der Waals surface area contributed by atoms with Crippen LogP contribution in [0, 0.1) is 35.5 Å². The molecular weight excluding hydrogens is 669 g/mol. The average molecular weight is 715 g/mol. The Morgan fingerprint density at radius 3 is 1.67 bits per heavy atom. The molecule has 0 spiro atoms. The fourth-order valence-corrected chi connectivity index (χ4v) is 5.35. The van der Waals surface area contributed by atoms with Crippen LogP contribution in [0.2, 0.25) is 0 Å². The van der Waals surface area contributed by atoms with Crippen molar-refractivity contribution in [2.75, 3.05) is 19.8 Å². The molecule has 0 amide bonds. The van der Waals surface area contributed by atoms with E-state index in [-0.39, 0.29) is 5.97 Å². The van der Waals surface area contributed by atoms with Gasteiger partial charge in [-0.15, -0.1) is 0 Å². The quantitative estimate of drug-likeness (QED) is 0.0557. The maximum absolute atomic E-state index is 11.1. The molecule has 0 aromatic heterocycles. The first-order valence-corrected chi connectivity index (χ1v) is 18.4. The summed E-state index contributed by atoms with van der Waals surface area (Å²) < 4.78 is 15.8. The lowest BCUT2D eigenvalue weighted by Crippen LogP contribution is -2.06. The molecule has 5 aromatic rings. The molecule has 0 N–H and O–H groups in total. The molecule has 5 rings (SSSR count). The zero-order valence-electron chi connectivity index (χ0n) is 31.4. The minimum absolute atomic E-state index is 0.296. The molecule has 5 aromatic carbocycles. The zero-order valence-corrected chi connectivity index (χ0v) is 31.4. The van der Waals surface area contributed by atoms with Gasteiger partial charge in [0.25, 0.3) is 0 Å². The lowest BCUT2D eigenvalue weighted by atomic mass is 10.0. The van der Waals surface area contributed by atoms with Crippen molar-refractivity contribution < 1.29 is 23.8 Å². The van der Waals surface area contributed by atoms with E-state index in [1.165, 1.54) is 6.08 Å². The largest absolute Gasteiger partial charge is 0.493 e. The van der Waals surface area contributed by atoms with Crippen LogP contribution in [0.4, 0.5) is 0 Å². The van der Waals surface area contributed by atoms with E-state index in [1.54, 1.807) is 0 Å². The Morgan fingerprint density at radius 2 is 1.07 bits per heavy atom. The van der Waals surface area contributed by atoms with E-state index in [9.17, 15) is 9.59 Å². The van der Waals surface area contributed by atoms with E-state index in [0.29, 0.717) is 26.2 Å². The smallest absolute Gasteiger partial charge is 0.330 e. The fourth-order valence-electron chi connectivity index (χ4n) is 5.35. The number of hydrogen-bond donors (Lipinski definition) is 0. The van der Waals surface area contributed by atoms with E-state index in [0.717, 1.165) is 92.4 Å². The van der Waals surface area contributed by atoms with Crippen LogP contribution >= 0.6 is 0 Å². The van der Waals surface area contributed by atoms with Gasteiger partial charge in [0.1, 0.15) is 5.75 Å². The van der Waals surface area contributed by atoms with Crippen LogP contribution in [0.15, 0.2) is 116 Å². The molecule has 0 aliphatic rings. The number of unbranched alkanes of at least 4 members (excludes halogenated alkanes) is 2. The highest BCUT2D eigenvalue weighted by atomic mass is 16.5. The van der Waals surface area contributed by atoms with Crippen LogP contribution in [-0.2, 0) is 25.5 Å². The van der Waals surface area contributed by atoms with Crippen molar-refractivity contribution >= 4 is 33.5 Å². The Bertz CT molecular complexity index is 2300. The van der Waals surface area contributed by atoms with Crippen molar-refractivity contribution in [1.82, 2.24) is 0 Å². The summed E-state index contributed by atoms with van der Waals surface area (Å²) in [5.74, 6) is 19.8. The molecule has 0 radical (unpaired) electrons. The van der Waals surface area contributed by atoms with E-state index in [1.807, 2.05) is 62.4 Å². The van der Waals surface area contributed by atoms with Gasteiger partial charge in [0, 0.05) is 52.8 Å². The van der Waals surface area contributed by atoms with Gasteiger partial charge in [-0.3, -0.25) is 0 Å². The van der Waals surface area contributed by atoms with Gasteiger partial charge in [-0.25, -0.2) is 9.59 Å². The maximum Gasteiger partial charge on any atom is 0.330 e. The second-order valence-electron chi connectivity index (χ2n) is 11.9. The number of ether oxygens (including phenoxy) is 3. The third kappa shape index (κ3) is 12.6. The first-order chi connectivity index (χ1) is 26.4. The molecule has 0 saturated heterocycles. The molecule has 0 bridgehead atoms. The van der Waals surface area contributed by atoms with Crippen LogP contribution in [0.25, 0.3) is 21.5 Å². The fraction of sp³-hybridized carbons (Fsp3) is 0.224. The van der Waals surface area contributed by atoms with Gasteiger partial charge >= 0.3 is 11.9 Å². The summed E-state index contributed by atoms with van der Waals surface area (Å²) in [4.78, 5) is 22.2. The molecule has 272 valence electrons. The van der Waals surface area contributed by atoms with Gasteiger partial charge in [-0.1, -0.05) is 93.7 Å². The van der Waals surface area contributed by atoms with Gasteiger partial charge in [-0.2, -0.15) is 0 Å². The number of rotatable bonds is 12. The summed E-state index contributed by atoms with van der Waals surface area (Å²) in [6.07, 6.45) is 6.18. The number of esters is 2. The number of benzene rings is 5. The molecule has 0 atom stereocenters. The first kappa shape index (κ1) is 40.3. The number of fused-ring (bicyclic) bond motifs is 2. The molecule has 5 nitrogen and oxygen atoms in total. The van der Waals surface area contributed by atoms with E-state index in [2.05, 4.69) is 98.1 Å². The molecule has 0 aliphatic carbocycles. The Hall–Kier alpha value is -6.48. The predicted octanol–water partition coefficient (Wildman–Crippen LogP) is 10.1. The van der Waals surface area contributed by atoms with Crippen molar-refractivity contribution in [3.05, 3.63) is 150 Å². The van der Waals surface area contributed by atoms with Crippen LogP contribution in [0.5, 0.6) is 5.75 Å². The summed E-state index contributed by atoms with van der Waals surface area (Å²) in [7, 11) is 0. The maximum atomic E-state index is 11.1. The van der Waals surface area contributed by atoms with E-state index < -0.39 is 5.97 Å². The highest BCUT2D eigenvalue weighted by Crippen LogP contribution is 2.23. The van der Waals surface area contributed by atoms with Crippen LogP contribution < -0.4 is 4.74 Å². The number of carbonyl (C=O) groups is 2. The Morgan fingerprint density at radius 1 is 0.574 bits per heavy atom. The molecular formula is C49H46O5. The SMILES string of the molecule is C=CC(=O)OCCCCC#Cc1ccc2cc(C#Cc3ccc(C#Cc4ccc5cc(OCCCOC(=O)C=C)ccc5c4)cc3CC)ccc2c1.CC. The zero-order chi connectivity index (χ0) is 38.5. The Balaban J connectivity index is 0.00000319. The third-order valence-corrected chi connectivity index (χ3v) is 8.14. The summed E-state index contributed by atoms with van der Waals surface area (Å²) >= 11 is 0. The third-order valence-electron chi connectivity index (χ3n) is 8.14. The first-order valence-electron chi connectivity index (χ1n) is 18.4. The molecule has 0 unspecified atom stereocenters. The van der Waals surface area contributed by atoms with Crippen molar-refractivity contribution in [3.63, 3.8) is 0 Å². The molecule has 0 fully saturated rings. The summed E-state index contributed by atoms with van der Waals surface area (Å²) in [6, 6.07) is 30.8. The normalized spacial score (nSPS) is 9.83. The second kappa shape index (κ2) is 21.8. The number of carbonyl (C=O) groups excluding carboxylic acids is 2. The molecule has 0 saturated carbocycles. The average Bonchev–Trinajstić information content (AvgIpc) is 3.22. The highest BCUT2D eigenvalue weighted by Gasteiger charge is 2.03. The van der Waals surface area contributed by atoms with Crippen LogP contribution in [0.3, 0.4) is 0 Å². The topological polar surface area (TPSA) is 61.8 Å². The van der Waals surface area contributed by atoms with Gasteiger partial charge in [-0.05, 0) is 113 Å². The predicted molar refractivity (Wildman–Crippen MR) is 220 cm³/mol. The van der Waals surface area contributed by atoms with Gasteiger partial charge in [0.2, 0.25) is 0 Å². The molecule has 54 heavy (non-hydrogen) atoms. The Labute approximate surface area is 320 Å². The molecule has 0 heterocycles. The highest BCUT2D eigenvalue weighted by molar-refractivity contribution is 5.86. The summed E-state index contributed by atoms with van der Waals surface area (Å²) in [6.45, 7) is 14.1.